The average Bonchev–Trinajstić information content (AvgIpc) is 2.74. The van der Waals surface area contributed by atoms with Crippen molar-refractivity contribution in [3.63, 3.8) is 0 Å². The molecule has 0 aromatic heterocycles. The first kappa shape index (κ1) is 22.9. The Labute approximate surface area is 177 Å². The average molecular weight is 411 g/mol. The highest BCUT2D eigenvalue weighted by molar-refractivity contribution is 5.96. The first-order chi connectivity index (χ1) is 14.5. The predicted octanol–water partition coefficient (Wildman–Crippen LogP) is 3.96. The Balaban J connectivity index is 1.87. The van der Waals surface area contributed by atoms with E-state index < -0.39 is 0 Å². The van der Waals surface area contributed by atoms with Crippen LogP contribution in [0.15, 0.2) is 48.5 Å². The molecule has 2 rings (SSSR count). The highest BCUT2D eigenvalue weighted by Crippen LogP contribution is 2.16. The highest BCUT2D eigenvalue weighted by Gasteiger charge is 2.12. The number of carbonyl (C=O) groups excluding carboxylic acids is 3. The van der Waals surface area contributed by atoms with E-state index in [0.717, 1.165) is 12.1 Å². The molecular formula is C23H30N4O3. The van der Waals surface area contributed by atoms with Crippen LogP contribution in [0, 0.1) is 0 Å². The van der Waals surface area contributed by atoms with Crippen molar-refractivity contribution in [2.75, 3.05) is 35.6 Å². The molecule has 3 N–H and O–H groups in total. The Morgan fingerprint density at radius 2 is 1.40 bits per heavy atom. The van der Waals surface area contributed by atoms with Crippen molar-refractivity contribution in [3.8, 4) is 0 Å². The topological polar surface area (TPSA) is 90.5 Å². The van der Waals surface area contributed by atoms with Gasteiger partial charge in [0.15, 0.2) is 0 Å². The van der Waals surface area contributed by atoms with Crippen molar-refractivity contribution in [2.24, 2.45) is 0 Å². The van der Waals surface area contributed by atoms with E-state index in [1.165, 1.54) is 0 Å². The summed E-state index contributed by atoms with van der Waals surface area (Å²) in [5.41, 5.74) is 2.63. The minimum absolute atomic E-state index is 0.00444. The number of benzene rings is 2. The van der Waals surface area contributed by atoms with Crippen molar-refractivity contribution in [2.45, 2.75) is 33.6 Å². The minimum Gasteiger partial charge on any atom is -0.376 e. The summed E-state index contributed by atoms with van der Waals surface area (Å²) < 4.78 is 0. The second kappa shape index (κ2) is 11.6. The highest BCUT2D eigenvalue weighted by atomic mass is 16.2. The van der Waals surface area contributed by atoms with Gasteiger partial charge in [0.1, 0.15) is 0 Å². The lowest BCUT2D eigenvalue weighted by molar-refractivity contribution is -0.116. The van der Waals surface area contributed by atoms with Crippen LogP contribution in [0.2, 0.25) is 0 Å². The SMILES string of the molecule is CCCC(=O)Nc1cccc(NC(=O)CNc2ccc(C(=O)N(CC)CC)cc2)c1. The molecule has 30 heavy (non-hydrogen) atoms. The number of hydrogen-bond donors (Lipinski definition) is 3. The van der Waals surface area contributed by atoms with E-state index in [1.54, 1.807) is 53.4 Å². The summed E-state index contributed by atoms with van der Waals surface area (Å²) in [6.07, 6.45) is 1.23. The maximum atomic E-state index is 12.3. The second-order valence-electron chi connectivity index (χ2n) is 6.84. The van der Waals surface area contributed by atoms with Gasteiger partial charge >= 0.3 is 0 Å². The van der Waals surface area contributed by atoms with Crippen LogP contribution in [0.5, 0.6) is 0 Å². The Bertz CT molecular complexity index is 861. The van der Waals surface area contributed by atoms with E-state index in [4.69, 9.17) is 0 Å². The molecule has 0 aliphatic carbocycles. The van der Waals surface area contributed by atoms with Gasteiger partial charge in [0, 0.05) is 42.1 Å². The number of amides is 3. The zero-order valence-electron chi connectivity index (χ0n) is 17.8. The number of nitrogens with zero attached hydrogens (tertiary/aromatic N) is 1. The molecule has 3 amide bonds. The summed E-state index contributed by atoms with van der Waals surface area (Å²) >= 11 is 0. The quantitative estimate of drug-likeness (QED) is 0.553. The van der Waals surface area contributed by atoms with E-state index >= 15 is 0 Å². The van der Waals surface area contributed by atoms with E-state index in [0.29, 0.717) is 36.4 Å². The van der Waals surface area contributed by atoms with Crippen LogP contribution in [-0.2, 0) is 9.59 Å². The van der Waals surface area contributed by atoms with Gasteiger partial charge in [-0.05, 0) is 62.7 Å². The van der Waals surface area contributed by atoms with Gasteiger partial charge in [-0.3, -0.25) is 14.4 Å². The molecule has 0 saturated carbocycles. The van der Waals surface area contributed by atoms with Crippen LogP contribution in [0.3, 0.4) is 0 Å². The molecule has 0 aliphatic heterocycles. The van der Waals surface area contributed by atoms with Gasteiger partial charge in [0.2, 0.25) is 11.8 Å². The number of anilines is 3. The predicted molar refractivity (Wildman–Crippen MR) is 121 cm³/mol. The largest absolute Gasteiger partial charge is 0.376 e. The molecule has 0 heterocycles. The lowest BCUT2D eigenvalue weighted by atomic mass is 10.1. The molecule has 7 nitrogen and oxygen atoms in total. The van der Waals surface area contributed by atoms with Crippen molar-refractivity contribution < 1.29 is 14.4 Å². The smallest absolute Gasteiger partial charge is 0.253 e. The monoisotopic (exact) mass is 410 g/mol. The summed E-state index contributed by atoms with van der Waals surface area (Å²) in [5, 5.41) is 8.66. The first-order valence-electron chi connectivity index (χ1n) is 10.3. The Morgan fingerprint density at radius 1 is 0.800 bits per heavy atom. The summed E-state index contributed by atoms with van der Waals surface area (Å²) in [4.78, 5) is 38.0. The van der Waals surface area contributed by atoms with E-state index in [2.05, 4.69) is 16.0 Å². The minimum atomic E-state index is -0.213. The Kier molecular flexibility index (Phi) is 8.87. The summed E-state index contributed by atoms with van der Waals surface area (Å²) in [6, 6.07) is 14.1. The van der Waals surface area contributed by atoms with Gasteiger partial charge in [-0.2, -0.15) is 0 Å². The molecule has 0 saturated heterocycles. The number of hydrogen-bond acceptors (Lipinski definition) is 4. The standard InChI is InChI=1S/C23H30N4O3/c1-4-8-21(28)25-19-9-7-10-20(15-19)26-22(29)16-24-18-13-11-17(12-14-18)23(30)27(5-2)6-3/h7,9-15,24H,4-6,8,16H2,1-3H3,(H,25,28)(H,26,29). The molecular weight excluding hydrogens is 380 g/mol. The third-order valence-corrected chi connectivity index (χ3v) is 4.54. The zero-order chi connectivity index (χ0) is 21.9. The van der Waals surface area contributed by atoms with E-state index in [1.807, 2.05) is 20.8 Å². The van der Waals surface area contributed by atoms with E-state index in [-0.39, 0.29) is 24.3 Å². The molecule has 7 heteroatoms. The van der Waals surface area contributed by atoms with Crippen LogP contribution in [0.25, 0.3) is 0 Å². The van der Waals surface area contributed by atoms with Gasteiger partial charge in [-0.25, -0.2) is 0 Å². The molecule has 0 spiro atoms. The Hall–Kier alpha value is -3.35. The van der Waals surface area contributed by atoms with Crippen LogP contribution >= 0.6 is 0 Å². The molecule has 2 aromatic carbocycles. The van der Waals surface area contributed by atoms with Crippen molar-refractivity contribution in [3.05, 3.63) is 54.1 Å². The fraction of sp³-hybridized carbons (Fsp3) is 0.348. The van der Waals surface area contributed by atoms with Gasteiger partial charge < -0.3 is 20.9 Å². The normalized spacial score (nSPS) is 10.2. The van der Waals surface area contributed by atoms with Gasteiger partial charge in [-0.1, -0.05) is 13.0 Å². The van der Waals surface area contributed by atoms with Gasteiger partial charge in [0.25, 0.3) is 5.91 Å². The molecule has 0 radical (unpaired) electrons. The summed E-state index contributed by atoms with van der Waals surface area (Å²) in [7, 11) is 0. The van der Waals surface area contributed by atoms with Gasteiger partial charge in [-0.15, -0.1) is 0 Å². The fourth-order valence-corrected chi connectivity index (χ4v) is 2.94. The van der Waals surface area contributed by atoms with Gasteiger partial charge in [0.05, 0.1) is 6.54 Å². The van der Waals surface area contributed by atoms with Crippen LogP contribution in [0.4, 0.5) is 17.1 Å². The van der Waals surface area contributed by atoms with Crippen LogP contribution in [0.1, 0.15) is 44.0 Å². The lowest BCUT2D eigenvalue weighted by Gasteiger charge is -2.18. The number of carbonyl (C=O) groups is 3. The van der Waals surface area contributed by atoms with E-state index in [9.17, 15) is 14.4 Å². The number of rotatable bonds is 10. The van der Waals surface area contributed by atoms with Crippen molar-refractivity contribution in [1.82, 2.24) is 4.90 Å². The van der Waals surface area contributed by atoms with Crippen LogP contribution < -0.4 is 16.0 Å². The molecule has 2 aromatic rings. The fourth-order valence-electron chi connectivity index (χ4n) is 2.94. The molecule has 0 bridgehead atoms. The van der Waals surface area contributed by atoms with Crippen molar-refractivity contribution >= 4 is 34.8 Å². The lowest BCUT2D eigenvalue weighted by Crippen LogP contribution is -2.30. The molecule has 0 fully saturated rings. The maximum Gasteiger partial charge on any atom is 0.253 e. The van der Waals surface area contributed by atoms with Crippen LogP contribution in [-0.4, -0.2) is 42.3 Å². The first-order valence-corrected chi connectivity index (χ1v) is 10.3. The second-order valence-corrected chi connectivity index (χ2v) is 6.84. The summed E-state index contributed by atoms with van der Waals surface area (Å²) in [6.45, 7) is 7.25. The van der Waals surface area contributed by atoms with Crippen molar-refractivity contribution in [1.29, 1.82) is 0 Å². The molecule has 160 valence electrons. The zero-order valence-corrected chi connectivity index (χ0v) is 17.8. The summed E-state index contributed by atoms with van der Waals surface area (Å²) in [5.74, 6) is -0.268. The molecule has 0 atom stereocenters. The third kappa shape index (κ3) is 6.92. The third-order valence-electron chi connectivity index (χ3n) is 4.54. The maximum absolute atomic E-state index is 12.3. The Morgan fingerprint density at radius 3 is 1.97 bits per heavy atom. The molecule has 0 aliphatic rings. The molecule has 0 unspecified atom stereocenters. The number of nitrogens with one attached hydrogen (secondary N) is 3.